The Kier molecular flexibility index (Phi) is 5.19. The van der Waals surface area contributed by atoms with E-state index in [4.69, 9.17) is 0 Å². The van der Waals surface area contributed by atoms with Crippen molar-refractivity contribution in [1.29, 1.82) is 0 Å². The van der Waals surface area contributed by atoms with E-state index in [1.54, 1.807) is 24.5 Å². The van der Waals surface area contributed by atoms with E-state index in [1.165, 1.54) is 0 Å². The van der Waals surface area contributed by atoms with Gasteiger partial charge in [0.25, 0.3) is 0 Å². The van der Waals surface area contributed by atoms with Crippen LogP contribution in [0.3, 0.4) is 0 Å². The molecular weight excluding hydrogens is 280 g/mol. The van der Waals surface area contributed by atoms with Gasteiger partial charge in [-0.3, -0.25) is 9.59 Å². The van der Waals surface area contributed by atoms with Crippen LogP contribution in [0.15, 0.2) is 36.7 Å². The second-order valence-corrected chi connectivity index (χ2v) is 5.03. The Morgan fingerprint density at radius 3 is 1.64 bits per heavy atom. The smallest absolute Gasteiger partial charge is 0.226 e. The van der Waals surface area contributed by atoms with E-state index in [0.29, 0.717) is 11.6 Å². The zero-order valence-corrected chi connectivity index (χ0v) is 12.6. The van der Waals surface area contributed by atoms with E-state index in [2.05, 4.69) is 20.6 Å². The summed E-state index contributed by atoms with van der Waals surface area (Å²) in [6, 6.07) is 7.24. The summed E-state index contributed by atoms with van der Waals surface area (Å²) in [7, 11) is 0. The van der Waals surface area contributed by atoms with Gasteiger partial charge in [-0.15, -0.1) is 0 Å². The number of carbonyl (C=O) groups is 2. The fraction of sp³-hybridized carbons (Fsp3) is 0.250. The highest BCUT2D eigenvalue weighted by atomic mass is 16.2. The first-order chi connectivity index (χ1) is 10.5. The molecule has 0 spiro atoms. The van der Waals surface area contributed by atoms with Crippen LogP contribution in [-0.2, 0) is 9.59 Å². The molecule has 0 aliphatic rings. The maximum atomic E-state index is 11.8. The molecule has 0 radical (unpaired) electrons. The summed E-state index contributed by atoms with van der Waals surface area (Å²) in [6.07, 6.45) is 3.43. The Morgan fingerprint density at radius 1 is 0.864 bits per heavy atom. The molecule has 0 saturated carbocycles. The first-order valence-corrected chi connectivity index (χ1v) is 6.98. The van der Waals surface area contributed by atoms with Crippen molar-refractivity contribution in [2.75, 3.05) is 10.6 Å². The number of aromatic nitrogens is 2. The molecule has 2 heterocycles. The van der Waals surface area contributed by atoms with Crippen molar-refractivity contribution in [3.05, 3.63) is 47.8 Å². The van der Waals surface area contributed by atoms with E-state index in [9.17, 15) is 9.59 Å². The number of nitrogens with zero attached hydrogens (tertiary/aromatic N) is 2. The number of nitrogens with one attached hydrogen (secondary N) is 2. The fourth-order valence-corrected chi connectivity index (χ4v) is 1.85. The molecule has 6 heteroatoms. The Bertz CT molecular complexity index is 626. The van der Waals surface area contributed by atoms with Crippen molar-refractivity contribution < 1.29 is 9.59 Å². The molecule has 0 aliphatic carbocycles. The number of hydrogen-bond donors (Lipinski definition) is 2. The van der Waals surface area contributed by atoms with E-state index >= 15 is 0 Å². The van der Waals surface area contributed by atoms with Gasteiger partial charge in [0, 0.05) is 25.2 Å². The van der Waals surface area contributed by atoms with Crippen LogP contribution in [0.25, 0.3) is 0 Å². The minimum Gasteiger partial charge on any atom is -0.311 e. The monoisotopic (exact) mass is 298 g/mol. The molecule has 0 aliphatic heterocycles. The van der Waals surface area contributed by atoms with Crippen LogP contribution in [0.2, 0.25) is 0 Å². The van der Waals surface area contributed by atoms with Crippen molar-refractivity contribution >= 4 is 23.5 Å². The van der Waals surface area contributed by atoms with Gasteiger partial charge in [0.1, 0.15) is 11.6 Å². The predicted octanol–water partition coefficient (Wildman–Crippen LogP) is 2.45. The van der Waals surface area contributed by atoms with Gasteiger partial charge in [0.2, 0.25) is 11.8 Å². The topological polar surface area (TPSA) is 84.0 Å². The van der Waals surface area contributed by atoms with Crippen molar-refractivity contribution in [3.63, 3.8) is 0 Å². The van der Waals surface area contributed by atoms with Gasteiger partial charge in [-0.2, -0.15) is 0 Å². The van der Waals surface area contributed by atoms with Crippen molar-refractivity contribution in [1.82, 2.24) is 9.97 Å². The minimum absolute atomic E-state index is 0.0905. The average Bonchev–Trinajstić information content (AvgIpc) is 2.45. The average molecular weight is 298 g/mol. The third kappa shape index (κ3) is 4.97. The molecule has 2 amide bonds. The van der Waals surface area contributed by atoms with Crippen LogP contribution in [0.1, 0.15) is 24.0 Å². The number of anilines is 2. The molecule has 114 valence electrons. The van der Waals surface area contributed by atoms with Crippen molar-refractivity contribution in [2.24, 2.45) is 0 Å². The third-order valence-electron chi connectivity index (χ3n) is 2.94. The lowest BCUT2D eigenvalue weighted by atomic mass is 10.2. The Balaban J connectivity index is 1.79. The molecule has 0 atom stereocenters. The Morgan fingerprint density at radius 2 is 1.27 bits per heavy atom. The second kappa shape index (κ2) is 7.31. The zero-order chi connectivity index (χ0) is 15.9. The second-order valence-electron chi connectivity index (χ2n) is 5.03. The number of rotatable bonds is 5. The fourth-order valence-electron chi connectivity index (χ4n) is 1.85. The number of aryl methyl sites for hydroxylation is 2. The largest absolute Gasteiger partial charge is 0.311 e. The SMILES string of the molecule is Cc1ccnc(NC(=O)CCC(=O)Nc2cc(C)ccn2)c1. The third-order valence-corrected chi connectivity index (χ3v) is 2.94. The quantitative estimate of drug-likeness (QED) is 0.888. The van der Waals surface area contributed by atoms with Gasteiger partial charge < -0.3 is 10.6 Å². The molecule has 22 heavy (non-hydrogen) atoms. The summed E-state index contributed by atoms with van der Waals surface area (Å²) in [4.78, 5) is 31.7. The van der Waals surface area contributed by atoms with Gasteiger partial charge in [-0.25, -0.2) is 9.97 Å². The summed E-state index contributed by atoms with van der Waals surface area (Å²) < 4.78 is 0. The minimum atomic E-state index is -0.245. The molecule has 2 aromatic rings. The van der Waals surface area contributed by atoms with Gasteiger partial charge in [-0.05, 0) is 49.2 Å². The van der Waals surface area contributed by atoms with Crippen LogP contribution in [-0.4, -0.2) is 21.8 Å². The lowest BCUT2D eigenvalue weighted by Crippen LogP contribution is -2.18. The Labute approximate surface area is 129 Å². The molecule has 2 aromatic heterocycles. The molecule has 0 unspecified atom stereocenters. The van der Waals surface area contributed by atoms with Gasteiger partial charge in [-0.1, -0.05) is 0 Å². The number of hydrogen-bond acceptors (Lipinski definition) is 4. The van der Waals surface area contributed by atoms with Gasteiger partial charge >= 0.3 is 0 Å². The summed E-state index contributed by atoms with van der Waals surface area (Å²) in [5, 5.41) is 5.33. The van der Waals surface area contributed by atoms with E-state index in [-0.39, 0.29) is 24.7 Å². The highest BCUT2D eigenvalue weighted by Gasteiger charge is 2.08. The molecule has 0 aromatic carbocycles. The highest BCUT2D eigenvalue weighted by molar-refractivity contribution is 5.96. The Hall–Kier alpha value is -2.76. The van der Waals surface area contributed by atoms with E-state index in [0.717, 1.165) is 11.1 Å². The predicted molar refractivity (Wildman–Crippen MR) is 84.4 cm³/mol. The van der Waals surface area contributed by atoms with Crippen LogP contribution in [0.5, 0.6) is 0 Å². The molecule has 0 saturated heterocycles. The summed E-state index contributed by atoms with van der Waals surface area (Å²) in [5.74, 6) is 0.493. The standard InChI is InChI=1S/C16H18N4O2/c1-11-5-7-17-13(9-11)19-15(21)3-4-16(22)20-14-10-12(2)6-8-18-14/h5-10H,3-4H2,1-2H3,(H,17,19,21)(H,18,20,22). The maximum absolute atomic E-state index is 11.8. The lowest BCUT2D eigenvalue weighted by molar-refractivity contribution is -0.121. The van der Waals surface area contributed by atoms with Crippen LogP contribution in [0.4, 0.5) is 11.6 Å². The summed E-state index contributed by atoms with van der Waals surface area (Å²) in [5.41, 5.74) is 2.02. The van der Waals surface area contributed by atoms with Crippen LogP contribution < -0.4 is 10.6 Å². The normalized spacial score (nSPS) is 10.1. The maximum Gasteiger partial charge on any atom is 0.226 e. The number of carbonyl (C=O) groups excluding carboxylic acids is 2. The molecule has 2 N–H and O–H groups in total. The van der Waals surface area contributed by atoms with Crippen molar-refractivity contribution in [2.45, 2.75) is 26.7 Å². The molecule has 0 fully saturated rings. The van der Waals surface area contributed by atoms with Crippen LogP contribution in [0, 0.1) is 13.8 Å². The zero-order valence-electron chi connectivity index (χ0n) is 12.6. The summed E-state index contributed by atoms with van der Waals surface area (Å²) in [6.45, 7) is 3.83. The summed E-state index contributed by atoms with van der Waals surface area (Å²) >= 11 is 0. The molecule has 6 nitrogen and oxygen atoms in total. The first-order valence-electron chi connectivity index (χ1n) is 6.98. The molecule has 0 bridgehead atoms. The van der Waals surface area contributed by atoms with Gasteiger partial charge in [0.15, 0.2) is 0 Å². The lowest BCUT2D eigenvalue weighted by Gasteiger charge is -2.06. The number of amides is 2. The molecular formula is C16H18N4O2. The van der Waals surface area contributed by atoms with Crippen LogP contribution >= 0.6 is 0 Å². The first kappa shape index (κ1) is 15.6. The van der Waals surface area contributed by atoms with E-state index in [1.807, 2.05) is 26.0 Å². The number of pyridine rings is 2. The molecule has 2 rings (SSSR count). The van der Waals surface area contributed by atoms with E-state index < -0.39 is 0 Å². The van der Waals surface area contributed by atoms with Gasteiger partial charge in [0.05, 0.1) is 0 Å². The highest BCUT2D eigenvalue weighted by Crippen LogP contribution is 2.08. The van der Waals surface area contributed by atoms with Crippen molar-refractivity contribution in [3.8, 4) is 0 Å².